The molecule has 0 radical (unpaired) electrons. The largest absolute Gasteiger partial charge is 0.367 e. The van der Waals surface area contributed by atoms with Crippen molar-refractivity contribution in [3.8, 4) is 0 Å². The minimum Gasteiger partial charge on any atom is -0.367 e. The van der Waals surface area contributed by atoms with Crippen LogP contribution in [0.3, 0.4) is 0 Å². The van der Waals surface area contributed by atoms with Gasteiger partial charge in [0.05, 0.1) is 5.69 Å². The highest BCUT2D eigenvalue weighted by Gasteiger charge is 2.36. The molecule has 2 aliphatic rings. The Balaban J connectivity index is 1.41. The number of fused-ring (bicyclic) bond motifs is 1. The van der Waals surface area contributed by atoms with Crippen LogP contribution in [0.4, 0.5) is 16.2 Å². The maximum atomic E-state index is 13.1. The first-order valence-corrected chi connectivity index (χ1v) is 12.1. The van der Waals surface area contributed by atoms with Gasteiger partial charge in [-0.05, 0) is 94.2 Å². The average Bonchev–Trinajstić information content (AvgIpc) is 3.21. The van der Waals surface area contributed by atoms with Gasteiger partial charge < -0.3 is 4.90 Å². The molecule has 0 aliphatic carbocycles. The van der Waals surface area contributed by atoms with Gasteiger partial charge in [0, 0.05) is 27.4 Å². The molecule has 0 atom stereocenters. The number of hydrogen-bond acceptors (Lipinski definition) is 4. The van der Waals surface area contributed by atoms with Gasteiger partial charge in [0.25, 0.3) is 11.8 Å². The quantitative estimate of drug-likeness (QED) is 0.261. The molecule has 2 heterocycles. The second-order valence-electron chi connectivity index (χ2n) is 8.09. The number of carbonyl (C=O) groups is 3. The van der Waals surface area contributed by atoms with Gasteiger partial charge in [0.1, 0.15) is 5.57 Å². The van der Waals surface area contributed by atoms with Gasteiger partial charge >= 0.3 is 6.03 Å². The van der Waals surface area contributed by atoms with Gasteiger partial charge in [-0.3, -0.25) is 14.9 Å². The van der Waals surface area contributed by atoms with Gasteiger partial charge in [-0.15, -0.1) is 0 Å². The molecule has 0 saturated carbocycles. The number of urea groups is 1. The Hall–Kier alpha value is -3.17. The molecule has 3 aromatic rings. The van der Waals surface area contributed by atoms with Crippen LogP contribution >= 0.6 is 34.2 Å². The van der Waals surface area contributed by atoms with Gasteiger partial charge in [0.2, 0.25) is 0 Å². The van der Waals surface area contributed by atoms with Crippen molar-refractivity contribution in [3.05, 3.63) is 97.6 Å². The fraction of sp³-hybridized carbons (Fsp3) is 0.115. The molecule has 34 heavy (non-hydrogen) atoms. The minimum absolute atomic E-state index is 0.0796. The zero-order valence-electron chi connectivity index (χ0n) is 17.9. The average molecular weight is 584 g/mol. The molecule has 2 aliphatic heterocycles. The maximum Gasteiger partial charge on any atom is 0.335 e. The fourth-order valence-corrected chi connectivity index (χ4v) is 4.78. The Morgan fingerprint density at radius 2 is 1.76 bits per heavy atom. The van der Waals surface area contributed by atoms with Gasteiger partial charge in [-0.1, -0.05) is 35.9 Å². The number of nitrogens with one attached hydrogen (secondary N) is 1. The number of rotatable bonds is 4. The second-order valence-corrected chi connectivity index (χ2v) is 9.74. The number of benzene rings is 3. The topological polar surface area (TPSA) is 69.7 Å². The molecule has 0 unspecified atom stereocenters. The van der Waals surface area contributed by atoms with E-state index in [1.807, 2.05) is 42.5 Å². The summed E-state index contributed by atoms with van der Waals surface area (Å²) >= 11 is 8.48. The number of anilines is 2. The van der Waals surface area contributed by atoms with Crippen molar-refractivity contribution in [2.24, 2.45) is 0 Å². The third kappa shape index (κ3) is 4.33. The monoisotopic (exact) mass is 583 g/mol. The van der Waals surface area contributed by atoms with Crippen molar-refractivity contribution in [2.75, 3.05) is 16.3 Å². The molecule has 6 nitrogen and oxygen atoms in total. The number of halogens is 2. The fourth-order valence-electron chi connectivity index (χ4n) is 4.23. The van der Waals surface area contributed by atoms with Crippen LogP contribution in [-0.4, -0.2) is 24.4 Å². The lowest BCUT2D eigenvalue weighted by molar-refractivity contribution is -0.122. The van der Waals surface area contributed by atoms with Crippen LogP contribution in [0.5, 0.6) is 0 Å². The summed E-state index contributed by atoms with van der Waals surface area (Å²) in [6, 6.07) is 19.9. The van der Waals surface area contributed by atoms with Crippen LogP contribution in [0.1, 0.15) is 16.7 Å². The molecule has 1 N–H and O–H groups in total. The third-order valence-corrected chi connectivity index (χ3v) is 7.00. The lowest BCUT2D eigenvalue weighted by atomic mass is 10.0. The van der Waals surface area contributed by atoms with Crippen molar-refractivity contribution < 1.29 is 14.4 Å². The van der Waals surface area contributed by atoms with E-state index in [0.717, 1.165) is 48.8 Å². The van der Waals surface area contributed by atoms with E-state index in [1.165, 1.54) is 0 Å². The first-order valence-electron chi connectivity index (χ1n) is 10.7. The molecule has 0 spiro atoms. The second kappa shape index (κ2) is 9.23. The van der Waals surface area contributed by atoms with E-state index in [2.05, 4.69) is 32.8 Å². The molecule has 3 aromatic carbocycles. The third-order valence-electron chi connectivity index (χ3n) is 5.91. The first-order chi connectivity index (χ1) is 16.4. The summed E-state index contributed by atoms with van der Waals surface area (Å²) in [6.45, 7) is 1.57. The van der Waals surface area contributed by atoms with Crippen molar-refractivity contribution in [3.63, 3.8) is 0 Å². The molecule has 1 saturated heterocycles. The number of amides is 4. The summed E-state index contributed by atoms with van der Waals surface area (Å²) in [5.74, 6) is -1.34. The van der Waals surface area contributed by atoms with E-state index >= 15 is 0 Å². The predicted molar refractivity (Wildman–Crippen MR) is 141 cm³/mol. The Morgan fingerprint density at radius 1 is 1.00 bits per heavy atom. The number of hydrogen-bond donors (Lipinski definition) is 1. The molecule has 4 amide bonds. The van der Waals surface area contributed by atoms with E-state index in [4.69, 9.17) is 11.6 Å². The van der Waals surface area contributed by atoms with Crippen LogP contribution in [0, 0.1) is 3.57 Å². The van der Waals surface area contributed by atoms with Crippen molar-refractivity contribution in [1.82, 2.24) is 5.32 Å². The van der Waals surface area contributed by atoms with Crippen LogP contribution in [-0.2, 0) is 22.6 Å². The molecular weight excluding hydrogens is 565 g/mol. The lowest BCUT2D eigenvalue weighted by Crippen LogP contribution is -2.54. The molecular formula is C26H19ClIN3O3. The van der Waals surface area contributed by atoms with Crippen molar-refractivity contribution in [2.45, 2.75) is 13.0 Å². The van der Waals surface area contributed by atoms with E-state index in [-0.39, 0.29) is 5.57 Å². The van der Waals surface area contributed by atoms with Gasteiger partial charge in [0.15, 0.2) is 0 Å². The van der Waals surface area contributed by atoms with Crippen LogP contribution in [0.2, 0.25) is 5.02 Å². The highest BCUT2D eigenvalue weighted by atomic mass is 127. The van der Waals surface area contributed by atoms with Crippen LogP contribution in [0.15, 0.2) is 72.3 Å². The lowest BCUT2D eigenvalue weighted by Gasteiger charge is -2.26. The molecule has 0 aromatic heterocycles. The summed E-state index contributed by atoms with van der Waals surface area (Å²) in [4.78, 5) is 41.3. The SMILES string of the molecule is O=C1NC(=O)N(c2ccc(I)cc2)C(=O)/C1=C/c1ccc2c(c1)CCN2Cc1ccccc1Cl. The standard InChI is InChI=1S/C26H19ClIN3O3/c27-22-4-2-1-3-18(22)15-30-12-11-17-13-16(5-10-23(17)30)14-21-24(32)29-26(34)31(25(21)33)20-8-6-19(28)7-9-20/h1-10,13-14H,11-12,15H2,(H,29,32,34)/b21-14+. The van der Waals surface area contributed by atoms with Gasteiger partial charge in [-0.2, -0.15) is 0 Å². The highest BCUT2D eigenvalue weighted by Crippen LogP contribution is 2.32. The summed E-state index contributed by atoms with van der Waals surface area (Å²) in [6.07, 6.45) is 2.39. The summed E-state index contributed by atoms with van der Waals surface area (Å²) in [7, 11) is 0. The van der Waals surface area contributed by atoms with Crippen LogP contribution in [0.25, 0.3) is 6.08 Å². The van der Waals surface area contributed by atoms with E-state index in [9.17, 15) is 14.4 Å². The van der Waals surface area contributed by atoms with Crippen molar-refractivity contribution >= 4 is 69.5 Å². The normalized spacial score (nSPS) is 16.8. The van der Waals surface area contributed by atoms with E-state index < -0.39 is 17.8 Å². The number of imide groups is 2. The predicted octanol–water partition coefficient (Wildman–Crippen LogP) is 5.17. The zero-order chi connectivity index (χ0) is 23.8. The van der Waals surface area contributed by atoms with Gasteiger partial charge in [-0.25, -0.2) is 9.69 Å². The minimum atomic E-state index is -0.752. The summed E-state index contributed by atoms with van der Waals surface area (Å²) in [5.41, 5.74) is 4.36. The summed E-state index contributed by atoms with van der Waals surface area (Å²) < 4.78 is 0.972. The maximum absolute atomic E-state index is 13.1. The number of barbiturate groups is 1. The Labute approximate surface area is 215 Å². The molecule has 0 bridgehead atoms. The molecule has 170 valence electrons. The van der Waals surface area contributed by atoms with E-state index in [1.54, 1.807) is 30.3 Å². The molecule has 1 fully saturated rings. The Kier molecular flexibility index (Phi) is 6.14. The highest BCUT2D eigenvalue weighted by molar-refractivity contribution is 14.1. The molecule has 8 heteroatoms. The zero-order valence-corrected chi connectivity index (χ0v) is 20.8. The van der Waals surface area contributed by atoms with Crippen LogP contribution < -0.4 is 15.1 Å². The number of nitrogens with zero attached hydrogens (tertiary/aromatic N) is 2. The first kappa shape index (κ1) is 22.6. The van der Waals surface area contributed by atoms with Crippen molar-refractivity contribution in [1.29, 1.82) is 0 Å². The summed E-state index contributed by atoms with van der Waals surface area (Å²) in [5, 5.41) is 3.01. The van der Waals surface area contributed by atoms with E-state index in [0.29, 0.717) is 12.2 Å². The number of carbonyl (C=O) groups excluding carboxylic acids is 3. The molecule has 5 rings (SSSR count). The Morgan fingerprint density at radius 3 is 2.53 bits per heavy atom. The smallest absolute Gasteiger partial charge is 0.335 e. The Bertz CT molecular complexity index is 1350.